The van der Waals surface area contributed by atoms with E-state index in [0.717, 1.165) is 24.4 Å². The summed E-state index contributed by atoms with van der Waals surface area (Å²) in [5.74, 6) is 2.40. The zero-order valence-electron chi connectivity index (χ0n) is 16.0. The summed E-state index contributed by atoms with van der Waals surface area (Å²) in [4.78, 5) is 10.4. The molecule has 4 aliphatic rings. The van der Waals surface area contributed by atoms with Gasteiger partial charge in [-0.1, -0.05) is 32.4 Å². The van der Waals surface area contributed by atoms with Crippen LogP contribution in [-0.4, -0.2) is 19.9 Å². The molecule has 0 aromatic carbocycles. The lowest BCUT2D eigenvalue weighted by molar-refractivity contribution is -0.177. The summed E-state index contributed by atoms with van der Waals surface area (Å²) < 4.78 is 10.5. The molecule has 6 atom stereocenters. The van der Waals surface area contributed by atoms with Gasteiger partial charge >= 0.3 is 0 Å². The third-order valence-corrected chi connectivity index (χ3v) is 8.83. The van der Waals surface area contributed by atoms with E-state index in [9.17, 15) is 4.79 Å². The molecule has 0 radical (unpaired) electrons. The highest BCUT2D eigenvalue weighted by Crippen LogP contribution is 2.72. The molecule has 0 aromatic rings. The largest absolute Gasteiger partial charge is 0.441 e. The summed E-state index contributed by atoms with van der Waals surface area (Å²) in [7, 11) is 0. The van der Waals surface area contributed by atoms with Crippen molar-refractivity contribution in [3.63, 3.8) is 0 Å². The van der Waals surface area contributed by atoms with Crippen molar-refractivity contribution in [1.82, 2.24) is 0 Å². The molecule has 4 fully saturated rings. The zero-order valence-corrected chi connectivity index (χ0v) is 16.0. The summed E-state index contributed by atoms with van der Waals surface area (Å²) in [5.41, 5.74) is 2.77. The van der Waals surface area contributed by atoms with Crippen LogP contribution in [0.5, 0.6) is 0 Å². The Balaban J connectivity index is 1.57. The molecule has 4 saturated carbocycles. The molecule has 0 aromatic heterocycles. The van der Waals surface area contributed by atoms with Gasteiger partial charge in [-0.05, 0) is 85.4 Å². The smallest absolute Gasteiger partial charge is 0.295 e. The number of hydrogen-bond donors (Lipinski definition) is 0. The Kier molecular flexibility index (Phi) is 4.30. The number of hydrogen-bond acceptors (Lipinski definition) is 3. The molecular weight excluding hydrogens is 312 g/mol. The molecule has 0 amide bonds. The van der Waals surface area contributed by atoms with Crippen LogP contribution >= 0.6 is 0 Å². The van der Waals surface area contributed by atoms with Crippen molar-refractivity contribution in [2.75, 3.05) is 13.4 Å². The Morgan fingerprint density at radius 3 is 2.80 bits per heavy atom. The standard InChI is InChI=1S/C22H34O3/c1-16-11-22-10-7-18-20(2,13-24-15-25-14-23)8-4-9-21(18,3)19(22)6-5-17(16)12-22/h14,17-19H,1,4-13,15H2,2-3H3/t17-,18-,19+,20+,21-,22-/m1/s1. The minimum Gasteiger partial charge on any atom is -0.441 e. The minimum absolute atomic E-state index is 0.0946. The lowest BCUT2D eigenvalue weighted by Crippen LogP contribution is -2.57. The predicted molar refractivity (Wildman–Crippen MR) is 97.8 cm³/mol. The molecule has 0 heterocycles. The predicted octanol–water partition coefficient (Wildman–Crippen LogP) is 5.10. The Labute approximate surface area is 152 Å². The van der Waals surface area contributed by atoms with Crippen LogP contribution in [0.15, 0.2) is 12.2 Å². The maximum absolute atomic E-state index is 10.4. The minimum atomic E-state index is 0.0946. The van der Waals surface area contributed by atoms with Crippen LogP contribution in [0, 0.1) is 34.0 Å². The van der Waals surface area contributed by atoms with Gasteiger partial charge in [-0.2, -0.15) is 0 Å². The van der Waals surface area contributed by atoms with Crippen molar-refractivity contribution in [3.05, 3.63) is 12.2 Å². The Bertz CT molecular complexity index is 557. The average Bonchev–Trinajstić information content (AvgIpc) is 2.80. The molecule has 3 heteroatoms. The van der Waals surface area contributed by atoms with Crippen LogP contribution in [0.2, 0.25) is 0 Å². The van der Waals surface area contributed by atoms with E-state index in [1.54, 1.807) is 5.57 Å². The quantitative estimate of drug-likeness (QED) is 0.301. The van der Waals surface area contributed by atoms with Gasteiger partial charge in [-0.3, -0.25) is 4.79 Å². The SMILES string of the molecule is C=C1C[C@@]23CC[C@@H]4[C@](C)(COCOC=O)CCC[C@@]4(C)[C@@H]2CC[C@@H]1C3. The topological polar surface area (TPSA) is 35.5 Å². The highest BCUT2D eigenvalue weighted by molar-refractivity contribution is 5.36. The van der Waals surface area contributed by atoms with Crippen LogP contribution in [0.1, 0.15) is 71.6 Å². The molecule has 140 valence electrons. The van der Waals surface area contributed by atoms with Crippen LogP contribution in [0.4, 0.5) is 0 Å². The molecule has 0 aliphatic heterocycles. The molecule has 4 aliphatic carbocycles. The van der Waals surface area contributed by atoms with Gasteiger partial charge in [0.15, 0.2) is 6.79 Å². The third kappa shape index (κ3) is 2.60. The average molecular weight is 347 g/mol. The van der Waals surface area contributed by atoms with Gasteiger partial charge in [0.1, 0.15) is 0 Å². The van der Waals surface area contributed by atoms with Gasteiger partial charge in [-0.15, -0.1) is 0 Å². The van der Waals surface area contributed by atoms with Crippen LogP contribution in [0.25, 0.3) is 0 Å². The van der Waals surface area contributed by atoms with Gasteiger partial charge in [0, 0.05) is 0 Å². The molecule has 4 rings (SSSR count). The molecule has 0 N–H and O–H groups in total. The fraction of sp³-hybridized carbons (Fsp3) is 0.864. The maximum atomic E-state index is 10.4. The lowest BCUT2D eigenvalue weighted by atomic mass is 9.41. The monoisotopic (exact) mass is 346 g/mol. The summed E-state index contributed by atoms with van der Waals surface area (Å²) in [6, 6.07) is 0. The normalized spacial score (nSPS) is 48.6. The first-order valence-electron chi connectivity index (χ1n) is 10.2. The van der Waals surface area contributed by atoms with E-state index in [1.165, 1.54) is 57.8 Å². The number of carbonyl (C=O) groups is 1. The highest BCUT2D eigenvalue weighted by Gasteiger charge is 2.63. The van der Waals surface area contributed by atoms with Gasteiger partial charge in [0.05, 0.1) is 6.61 Å². The number of ether oxygens (including phenoxy) is 2. The number of allylic oxidation sites excluding steroid dienone is 1. The first-order valence-corrected chi connectivity index (χ1v) is 10.2. The van der Waals surface area contributed by atoms with E-state index in [1.807, 2.05) is 0 Å². The van der Waals surface area contributed by atoms with E-state index in [2.05, 4.69) is 20.4 Å². The molecular formula is C22H34O3. The first-order chi connectivity index (χ1) is 11.9. The fourth-order valence-corrected chi connectivity index (χ4v) is 8.01. The molecule has 0 unspecified atom stereocenters. The molecule has 0 saturated heterocycles. The van der Waals surface area contributed by atoms with E-state index < -0.39 is 0 Å². The Hall–Kier alpha value is -0.830. The number of rotatable bonds is 5. The van der Waals surface area contributed by atoms with Gasteiger partial charge < -0.3 is 9.47 Å². The second-order valence-electron chi connectivity index (χ2n) is 10.1. The fourth-order valence-electron chi connectivity index (χ4n) is 8.01. The Morgan fingerprint density at radius 2 is 2.00 bits per heavy atom. The number of carbonyl (C=O) groups excluding carboxylic acids is 1. The maximum Gasteiger partial charge on any atom is 0.295 e. The molecule has 25 heavy (non-hydrogen) atoms. The van der Waals surface area contributed by atoms with Crippen molar-refractivity contribution < 1.29 is 14.3 Å². The van der Waals surface area contributed by atoms with E-state index >= 15 is 0 Å². The summed E-state index contributed by atoms with van der Waals surface area (Å²) in [6.45, 7) is 10.7. The first kappa shape index (κ1) is 17.6. The summed E-state index contributed by atoms with van der Waals surface area (Å²) in [5, 5.41) is 0. The lowest BCUT2D eigenvalue weighted by Gasteiger charge is -2.64. The summed E-state index contributed by atoms with van der Waals surface area (Å²) >= 11 is 0. The van der Waals surface area contributed by atoms with Crippen molar-refractivity contribution >= 4 is 6.47 Å². The van der Waals surface area contributed by atoms with Gasteiger partial charge in [0.25, 0.3) is 6.47 Å². The highest BCUT2D eigenvalue weighted by atomic mass is 16.7. The van der Waals surface area contributed by atoms with Gasteiger partial charge in [0.2, 0.25) is 0 Å². The van der Waals surface area contributed by atoms with Crippen molar-refractivity contribution in [2.45, 2.75) is 71.6 Å². The summed E-state index contributed by atoms with van der Waals surface area (Å²) in [6.07, 6.45) is 12.1. The van der Waals surface area contributed by atoms with Gasteiger partial charge in [-0.25, -0.2) is 0 Å². The van der Waals surface area contributed by atoms with E-state index in [0.29, 0.717) is 17.3 Å². The second kappa shape index (κ2) is 6.11. The molecule has 3 nitrogen and oxygen atoms in total. The van der Waals surface area contributed by atoms with E-state index in [-0.39, 0.29) is 12.2 Å². The van der Waals surface area contributed by atoms with Crippen molar-refractivity contribution in [3.8, 4) is 0 Å². The van der Waals surface area contributed by atoms with Crippen LogP contribution in [-0.2, 0) is 14.3 Å². The van der Waals surface area contributed by atoms with E-state index in [4.69, 9.17) is 9.47 Å². The van der Waals surface area contributed by atoms with Crippen LogP contribution in [0.3, 0.4) is 0 Å². The zero-order chi connectivity index (χ0) is 17.7. The second-order valence-corrected chi connectivity index (χ2v) is 10.1. The Morgan fingerprint density at radius 1 is 1.16 bits per heavy atom. The van der Waals surface area contributed by atoms with Crippen molar-refractivity contribution in [1.29, 1.82) is 0 Å². The van der Waals surface area contributed by atoms with Crippen LogP contribution < -0.4 is 0 Å². The molecule has 1 spiro atoms. The molecule has 2 bridgehead atoms. The third-order valence-electron chi connectivity index (χ3n) is 8.83. The van der Waals surface area contributed by atoms with Crippen molar-refractivity contribution in [2.24, 2.45) is 34.0 Å². The number of fused-ring (bicyclic) bond motifs is 3.